The van der Waals surface area contributed by atoms with E-state index in [1.165, 1.54) is 16.8 Å². The Bertz CT molecular complexity index is 317. The first kappa shape index (κ1) is 14.0. The third-order valence-corrected chi connectivity index (χ3v) is 2.87. The van der Waals surface area contributed by atoms with Gasteiger partial charge in [-0.15, -0.1) is 0 Å². The highest BCUT2D eigenvalue weighted by molar-refractivity contribution is 5.57. The van der Waals surface area contributed by atoms with Crippen molar-refractivity contribution >= 4 is 5.69 Å². The fourth-order valence-corrected chi connectivity index (χ4v) is 1.94. The molecule has 3 heteroatoms. The fourth-order valence-electron chi connectivity index (χ4n) is 1.94. The van der Waals surface area contributed by atoms with Crippen molar-refractivity contribution in [3.8, 4) is 0 Å². The molecule has 0 aromatic heterocycles. The normalized spacial score (nSPS) is 12.5. The van der Waals surface area contributed by atoms with Crippen molar-refractivity contribution in [2.45, 2.75) is 32.8 Å². The van der Waals surface area contributed by atoms with Crippen LogP contribution in [-0.2, 0) is 17.6 Å². The van der Waals surface area contributed by atoms with Crippen LogP contribution in [0, 0.1) is 0 Å². The molecule has 0 heterocycles. The number of hydrogen-bond acceptors (Lipinski definition) is 3. The van der Waals surface area contributed by atoms with E-state index < -0.39 is 6.10 Å². The lowest BCUT2D eigenvalue weighted by Crippen LogP contribution is -2.25. The van der Waals surface area contributed by atoms with Gasteiger partial charge >= 0.3 is 0 Å². The number of benzene rings is 1. The van der Waals surface area contributed by atoms with Crippen molar-refractivity contribution in [3.05, 3.63) is 29.3 Å². The second-order valence-electron chi connectivity index (χ2n) is 4.15. The van der Waals surface area contributed by atoms with Gasteiger partial charge in [-0.3, -0.25) is 0 Å². The van der Waals surface area contributed by atoms with E-state index in [-0.39, 0.29) is 0 Å². The van der Waals surface area contributed by atoms with Crippen LogP contribution in [0.2, 0.25) is 0 Å². The standard InChI is InChI=1S/C14H23NO2/c1-4-11-7-6-8-12(5-2)14(11)15-9-13(16)10-17-3/h6-8,13,15-16H,4-5,9-10H2,1-3H3. The van der Waals surface area contributed by atoms with E-state index in [0.29, 0.717) is 13.2 Å². The van der Waals surface area contributed by atoms with E-state index in [9.17, 15) is 5.11 Å². The van der Waals surface area contributed by atoms with Crippen molar-refractivity contribution in [1.82, 2.24) is 0 Å². The van der Waals surface area contributed by atoms with E-state index in [2.05, 4.69) is 37.4 Å². The minimum absolute atomic E-state index is 0.364. The number of anilines is 1. The van der Waals surface area contributed by atoms with Gasteiger partial charge in [0, 0.05) is 19.3 Å². The first-order chi connectivity index (χ1) is 8.22. The van der Waals surface area contributed by atoms with Crippen molar-refractivity contribution < 1.29 is 9.84 Å². The summed E-state index contributed by atoms with van der Waals surface area (Å²) in [6.45, 7) is 5.18. The van der Waals surface area contributed by atoms with Gasteiger partial charge in [-0.1, -0.05) is 32.0 Å². The number of ether oxygens (including phenoxy) is 1. The molecule has 0 bridgehead atoms. The highest BCUT2D eigenvalue weighted by atomic mass is 16.5. The molecule has 96 valence electrons. The molecule has 1 aromatic carbocycles. The van der Waals surface area contributed by atoms with Gasteiger partial charge in [-0.05, 0) is 24.0 Å². The Morgan fingerprint density at radius 2 is 1.82 bits per heavy atom. The van der Waals surface area contributed by atoms with Crippen LogP contribution in [0.25, 0.3) is 0 Å². The second-order valence-corrected chi connectivity index (χ2v) is 4.15. The zero-order valence-electron chi connectivity index (χ0n) is 11.0. The first-order valence-electron chi connectivity index (χ1n) is 6.24. The Balaban J connectivity index is 2.74. The summed E-state index contributed by atoms with van der Waals surface area (Å²) in [6.07, 6.45) is 1.53. The van der Waals surface area contributed by atoms with Crippen LogP contribution in [0.3, 0.4) is 0 Å². The first-order valence-corrected chi connectivity index (χ1v) is 6.24. The molecule has 0 fully saturated rings. The van der Waals surface area contributed by atoms with Crippen molar-refractivity contribution in [1.29, 1.82) is 0 Å². The fraction of sp³-hybridized carbons (Fsp3) is 0.571. The average molecular weight is 237 g/mol. The third-order valence-electron chi connectivity index (χ3n) is 2.87. The highest BCUT2D eigenvalue weighted by Gasteiger charge is 2.08. The number of methoxy groups -OCH3 is 1. The van der Waals surface area contributed by atoms with Gasteiger partial charge in [0.25, 0.3) is 0 Å². The number of aliphatic hydroxyl groups excluding tert-OH is 1. The van der Waals surface area contributed by atoms with Crippen LogP contribution in [0.1, 0.15) is 25.0 Å². The van der Waals surface area contributed by atoms with Gasteiger partial charge in [0.15, 0.2) is 0 Å². The van der Waals surface area contributed by atoms with Crippen LogP contribution in [0.4, 0.5) is 5.69 Å². The topological polar surface area (TPSA) is 41.5 Å². The number of rotatable bonds is 7. The largest absolute Gasteiger partial charge is 0.389 e. The molecule has 1 rings (SSSR count). The highest BCUT2D eigenvalue weighted by Crippen LogP contribution is 2.22. The Kier molecular flexibility index (Phi) is 6.01. The number of aryl methyl sites for hydroxylation is 2. The summed E-state index contributed by atoms with van der Waals surface area (Å²) in [4.78, 5) is 0. The molecule has 1 atom stereocenters. The summed E-state index contributed by atoms with van der Waals surface area (Å²) in [5.41, 5.74) is 3.77. The third kappa shape index (κ3) is 4.02. The summed E-state index contributed by atoms with van der Waals surface area (Å²) in [5.74, 6) is 0. The molecule has 0 aliphatic rings. The monoisotopic (exact) mass is 237 g/mol. The smallest absolute Gasteiger partial charge is 0.0945 e. The van der Waals surface area contributed by atoms with Gasteiger partial charge in [0.1, 0.15) is 0 Å². The van der Waals surface area contributed by atoms with Crippen LogP contribution >= 0.6 is 0 Å². The average Bonchev–Trinajstić information content (AvgIpc) is 2.36. The van der Waals surface area contributed by atoms with Crippen LogP contribution in [0.5, 0.6) is 0 Å². The molecule has 0 saturated heterocycles. The molecule has 0 aliphatic heterocycles. The van der Waals surface area contributed by atoms with E-state index in [0.717, 1.165) is 12.8 Å². The number of para-hydroxylation sites is 1. The minimum Gasteiger partial charge on any atom is -0.389 e. The molecule has 2 N–H and O–H groups in total. The molecule has 1 unspecified atom stereocenters. The van der Waals surface area contributed by atoms with Gasteiger partial charge in [-0.25, -0.2) is 0 Å². The Labute approximate surface area is 104 Å². The minimum atomic E-state index is -0.463. The maximum atomic E-state index is 9.65. The summed E-state index contributed by atoms with van der Waals surface area (Å²) < 4.78 is 4.92. The van der Waals surface area contributed by atoms with Gasteiger partial charge in [0.2, 0.25) is 0 Å². The quantitative estimate of drug-likeness (QED) is 0.764. The second kappa shape index (κ2) is 7.30. The summed E-state index contributed by atoms with van der Waals surface area (Å²) in [6, 6.07) is 6.35. The zero-order chi connectivity index (χ0) is 12.7. The molecule has 0 saturated carbocycles. The molecular formula is C14H23NO2. The lowest BCUT2D eigenvalue weighted by atomic mass is 10.0. The molecule has 0 aliphatic carbocycles. The van der Waals surface area contributed by atoms with Gasteiger partial charge in [0.05, 0.1) is 12.7 Å². The molecular weight excluding hydrogens is 214 g/mol. The maximum absolute atomic E-state index is 9.65. The zero-order valence-corrected chi connectivity index (χ0v) is 11.0. The summed E-state index contributed by atoms with van der Waals surface area (Å²) >= 11 is 0. The van der Waals surface area contributed by atoms with E-state index in [1.807, 2.05) is 0 Å². The molecule has 1 aromatic rings. The van der Waals surface area contributed by atoms with E-state index in [1.54, 1.807) is 7.11 Å². The Morgan fingerprint density at radius 3 is 2.29 bits per heavy atom. The predicted molar refractivity (Wildman–Crippen MR) is 71.6 cm³/mol. The van der Waals surface area contributed by atoms with E-state index >= 15 is 0 Å². The molecule has 0 radical (unpaired) electrons. The van der Waals surface area contributed by atoms with Crippen LogP contribution in [0.15, 0.2) is 18.2 Å². The lowest BCUT2D eigenvalue weighted by Gasteiger charge is -2.17. The van der Waals surface area contributed by atoms with Crippen molar-refractivity contribution in [2.24, 2.45) is 0 Å². The predicted octanol–water partition coefficient (Wildman–Crippen LogP) is 2.23. The van der Waals surface area contributed by atoms with Crippen LogP contribution < -0.4 is 5.32 Å². The summed E-state index contributed by atoms with van der Waals surface area (Å²) in [7, 11) is 1.60. The molecule has 0 amide bonds. The lowest BCUT2D eigenvalue weighted by molar-refractivity contribution is 0.0727. The van der Waals surface area contributed by atoms with Gasteiger partial charge < -0.3 is 15.2 Å². The van der Waals surface area contributed by atoms with Crippen LogP contribution in [-0.4, -0.2) is 31.5 Å². The maximum Gasteiger partial charge on any atom is 0.0945 e. The number of nitrogens with one attached hydrogen (secondary N) is 1. The SMILES string of the molecule is CCc1cccc(CC)c1NCC(O)COC. The summed E-state index contributed by atoms with van der Waals surface area (Å²) in [5, 5.41) is 13.0. The Hall–Kier alpha value is -1.06. The molecule has 17 heavy (non-hydrogen) atoms. The number of hydrogen-bond donors (Lipinski definition) is 2. The van der Waals surface area contributed by atoms with Gasteiger partial charge in [-0.2, -0.15) is 0 Å². The molecule has 3 nitrogen and oxygen atoms in total. The van der Waals surface area contributed by atoms with Crippen molar-refractivity contribution in [3.63, 3.8) is 0 Å². The van der Waals surface area contributed by atoms with E-state index in [4.69, 9.17) is 4.74 Å². The Morgan fingerprint density at radius 1 is 1.24 bits per heavy atom. The van der Waals surface area contributed by atoms with Crippen molar-refractivity contribution in [2.75, 3.05) is 25.6 Å². The number of aliphatic hydroxyl groups is 1. The molecule has 0 spiro atoms.